The smallest absolute Gasteiger partial charge is 0.244 e. The van der Waals surface area contributed by atoms with Crippen molar-refractivity contribution in [1.82, 2.24) is 10.6 Å². The fourth-order valence-electron chi connectivity index (χ4n) is 0.901. The lowest BCUT2D eigenvalue weighted by molar-refractivity contribution is -0.125. The standard InChI is InChI=1S/C7H8N2O2/c1-2-3-8-5-4-6(10)9-7(5)11/h1,5,8H,3-4H2,(H,9,10,11). The lowest BCUT2D eigenvalue weighted by Crippen LogP contribution is -2.36. The summed E-state index contributed by atoms with van der Waals surface area (Å²) in [6, 6.07) is -0.432. The third-order valence-corrected chi connectivity index (χ3v) is 1.42. The van der Waals surface area contributed by atoms with E-state index in [4.69, 9.17) is 6.42 Å². The summed E-state index contributed by atoms with van der Waals surface area (Å²) in [6.07, 6.45) is 5.15. The Bertz CT molecular complexity index is 229. The highest BCUT2D eigenvalue weighted by atomic mass is 16.2. The first kappa shape index (κ1) is 7.76. The van der Waals surface area contributed by atoms with Crippen LogP contribution in [0.4, 0.5) is 0 Å². The largest absolute Gasteiger partial charge is 0.295 e. The average molecular weight is 152 g/mol. The average Bonchev–Trinajstić information content (AvgIpc) is 2.26. The van der Waals surface area contributed by atoms with E-state index in [1.807, 2.05) is 0 Å². The van der Waals surface area contributed by atoms with Crippen LogP contribution in [0.15, 0.2) is 0 Å². The minimum Gasteiger partial charge on any atom is -0.295 e. The second kappa shape index (κ2) is 3.17. The fourth-order valence-corrected chi connectivity index (χ4v) is 0.901. The first-order valence-electron chi connectivity index (χ1n) is 3.24. The van der Waals surface area contributed by atoms with Crippen molar-refractivity contribution in [3.8, 4) is 12.3 Å². The summed E-state index contributed by atoms with van der Waals surface area (Å²) in [5.41, 5.74) is 0. The van der Waals surface area contributed by atoms with Crippen molar-refractivity contribution in [2.45, 2.75) is 12.5 Å². The first-order chi connectivity index (χ1) is 5.24. The highest BCUT2D eigenvalue weighted by Gasteiger charge is 2.29. The maximum absolute atomic E-state index is 10.8. The van der Waals surface area contributed by atoms with E-state index in [0.717, 1.165) is 0 Å². The van der Waals surface area contributed by atoms with E-state index in [9.17, 15) is 9.59 Å². The van der Waals surface area contributed by atoms with Gasteiger partial charge in [0.05, 0.1) is 19.0 Å². The third kappa shape index (κ3) is 1.79. The topological polar surface area (TPSA) is 58.2 Å². The van der Waals surface area contributed by atoms with Crippen LogP contribution in [0.5, 0.6) is 0 Å². The number of terminal acetylenes is 1. The Labute approximate surface area is 64.3 Å². The van der Waals surface area contributed by atoms with E-state index in [1.165, 1.54) is 0 Å². The molecule has 0 aromatic rings. The molecule has 2 N–H and O–H groups in total. The SMILES string of the molecule is C#CCNC1CC(=O)NC1=O. The molecule has 0 bridgehead atoms. The van der Waals surface area contributed by atoms with E-state index in [2.05, 4.69) is 16.6 Å². The van der Waals surface area contributed by atoms with Gasteiger partial charge in [0, 0.05) is 0 Å². The van der Waals surface area contributed by atoms with Crippen molar-refractivity contribution in [3.05, 3.63) is 0 Å². The Balaban J connectivity index is 2.42. The van der Waals surface area contributed by atoms with E-state index >= 15 is 0 Å². The minimum atomic E-state index is -0.432. The molecule has 0 aromatic heterocycles. The van der Waals surface area contributed by atoms with Crippen LogP contribution >= 0.6 is 0 Å². The van der Waals surface area contributed by atoms with E-state index in [0.29, 0.717) is 6.54 Å². The van der Waals surface area contributed by atoms with E-state index in [-0.39, 0.29) is 18.2 Å². The van der Waals surface area contributed by atoms with Crippen molar-refractivity contribution in [2.24, 2.45) is 0 Å². The number of carbonyl (C=O) groups is 2. The van der Waals surface area contributed by atoms with Gasteiger partial charge in [-0.15, -0.1) is 6.42 Å². The monoisotopic (exact) mass is 152 g/mol. The molecule has 1 rings (SSSR count). The van der Waals surface area contributed by atoms with Crippen LogP contribution in [-0.2, 0) is 9.59 Å². The molecule has 1 aliphatic rings. The number of rotatable bonds is 2. The molecule has 1 saturated heterocycles. The first-order valence-corrected chi connectivity index (χ1v) is 3.24. The number of nitrogens with one attached hydrogen (secondary N) is 2. The van der Waals surface area contributed by atoms with Gasteiger partial charge < -0.3 is 0 Å². The van der Waals surface area contributed by atoms with Crippen LogP contribution in [0.1, 0.15) is 6.42 Å². The lowest BCUT2D eigenvalue weighted by Gasteiger charge is -2.03. The molecular weight excluding hydrogens is 144 g/mol. The molecule has 4 heteroatoms. The number of hydrogen-bond donors (Lipinski definition) is 2. The Morgan fingerprint density at radius 1 is 1.73 bits per heavy atom. The van der Waals surface area contributed by atoms with Gasteiger partial charge in [-0.3, -0.25) is 20.2 Å². The molecule has 1 heterocycles. The summed E-state index contributed by atoms with van der Waals surface area (Å²) in [5.74, 6) is 1.79. The molecule has 1 unspecified atom stereocenters. The summed E-state index contributed by atoms with van der Waals surface area (Å²) in [4.78, 5) is 21.4. The van der Waals surface area contributed by atoms with Crippen LogP contribution < -0.4 is 10.6 Å². The second-order valence-corrected chi connectivity index (χ2v) is 2.25. The quantitative estimate of drug-likeness (QED) is 0.379. The van der Waals surface area contributed by atoms with Gasteiger partial charge >= 0.3 is 0 Å². The molecule has 1 aliphatic heterocycles. The Morgan fingerprint density at radius 3 is 2.91 bits per heavy atom. The predicted octanol–water partition coefficient (Wildman–Crippen LogP) is -1.38. The molecule has 0 spiro atoms. The maximum atomic E-state index is 10.8. The highest BCUT2D eigenvalue weighted by molar-refractivity contribution is 6.05. The summed E-state index contributed by atoms with van der Waals surface area (Å²) in [7, 11) is 0. The zero-order chi connectivity index (χ0) is 8.27. The van der Waals surface area contributed by atoms with Crippen LogP contribution in [0.2, 0.25) is 0 Å². The zero-order valence-electron chi connectivity index (χ0n) is 5.89. The van der Waals surface area contributed by atoms with Crippen molar-refractivity contribution >= 4 is 11.8 Å². The fraction of sp³-hybridized carbons (Fsp3) is 0.429. The second-order valence-electron chi connectivity index (χ2n) is 2.25. The van der Waals surface area contributed by atoms with Gasteiger partial charge in [-0.05, 0) is 0 Å². The molecule has 11 heavy (non-hydrogen) atoms. The van der Waals surface area contributed by atoms with Gasteiger partial charge in [-0.1, -0.05) is 5.92 Å². The highest BCUT2D eigenvalue weighted by Crippen LogP contribution is 1.99. The van der Waals surface area contributed by atoms with Crippen LogP contribution in [0, 0.1) is 12.3 Å². The van der Waals surface area contributed by atoms with Gasteiger partial charge in [0.1, 0.15) is 0 Å². The van der Waals surface area contributed by atoms with Gasteiger partial charge in [0.15, 0.2) is 0 Å². The molecule has 0 aromatic carbocycles. The molecule has 2 amide bonds. The van der Waals surface area contributed by atoms with Crippen LogP contribution in [0.25, 0.3) is 0 Å². The molecule has 58 valence electrons. The predicted molar refractivity (Wildman–Crippen MR) is 38.4 cm³/mol. The van der Waals surface area contributed by atoms with Crippen molar-refractivity contribution in [2.75, 3.05) is 6.54 Å². The number of carbonyl (C=O) groups excluding carboxylic acids is 2. The molecule has 1 atom stereocenters. The van der Waals surface area contributed by atoms with Crippen molar-refractivity contribution in [3.63, 3.8) is 0 Å². The Kier molecular flexibility index (Phi) is 2.24. The summed E-state index contributed by atoms with van der Waals surface area (Å²) in [6.45, 7) is 0.311. The van der Waals surface area contributed by atoms with Crippen molar-refractivity contribution < 1.29 is 9.59 Å². The summed E-state index contributed by atoms with van der Waals surface area (Å²) < 4.78 is 0. The van der Waals surface area contributed by atoms with Gasteiger partial charge in [-0.2, -0.15) is 0 Å². The summed E-state index contributed by atoms with van der Waals surface area (Å²) in [5, 5.41) is 4.91. The Morgan fingerprint density at radius 2 is 2.45 bits per heavy atom. The molecule has 0 radical (unpaired) electrons. The third-order valence-electron chi connectivity index (χ3n) is 1.42. The number of amides is 2. The lowest BCUT2D eigenvalue weighted by atomic mass is 10.2. The van der Waals surface area contributed by atoms with Gasteiger partial charge in [0.2, 0.25) is 11.8 Å². The normalized spacial score (nSPS) is 23.0. The minimum absolute atomic E-state index is 0.195. The van der Waals surface area contributed by atoms with Crippen LogP contribution in [-0.4, -0.2) is 24.4 Å². The van der Waals surface area contributed by atoms with Crippen LogP contribution in [0.3, 0.4) is 0 Å². The molecular formula is C7H8N2O2. The molecule has 4 nitrogen and oxygen atoms in total. The maximum Gasteiger partial charge on any atom is 0.244 e. The van der Waals surface area contributed by atoms with E-state index < -0.39 is 6.04 Å². The van der Waals surface area contributed by atoms with Crippen molar-refractivity contribution in [1.29, 1.82) is 0 Å². The number of imide groups is 1. The van der Waals surface area contributed by atoms with E-state index in [1.54, 1.807) is 0 Å². The summed E-state index contributed by atoms with van der Waals surface area (Å²) >= 11 is 0. The zero-order valence-corrected chi connectivity index (χ0v) is 5.89. The molecule has 1 fully saturated rings. The number of hydrogen-bond acceptors (Lipinski definition) is 3. The van der Waals surface area contributed by atoms with Gasteiger partial charge in [0.25, 0.3) is 0 Å². The molecule has 0 aliphatic carbocycles. The van der Waals surface area contributed by atoms with Gasteiger partial charge in [-0.25, -0.2) is 0 Å². The Hall–Kier alpha value is -1.34. The molecule has 0 saturated carbocycles.